The molecule has 0 fully saturated rings. The van der Waals surface area contributed by atoms with Crippen molar-refractivity contribution in [1.29, 1.82) is 0 Å². The first-order valence-corrected chi connectivity index (χ1v) is 4.30. The zero-order valence-electron chi connectivity index (χ0n) is 6.47. The summed E-state index contributed by atoms with van der Waals surface area (Å²) in [6.07, 6.45) is 0. The number of aryl methyl sites for hydroxylation is 1. The van der Waals surface area contributed by atoms with E-state index in [1.165, 1.54) is 17.4 Å². The Morgan fingerprint density at radius 3 is 3.00 bits per heavy atom. The minimum Gasteiger partial charge on any atom is -0.396 e. The summed E-state index contributed by atoms with van der Waals surface area (Å²) in [5.41, 5.74) is 6.27. The number of fused-ring (bicyclic) bond motifs is 1. The summed E-state index contributed by atoms with van der Waals surface area (Å²) in [6.45, 7) is 1.89. The largest absolute Gasteiger partial charge is 0.396 e. The van der Waals surface area contributed by atoms with Gasteiger partial charge in [0.2, 0.25) is 0 Å². The molecule has 0 atom stereocenters. The number of halogens is 1. The Morgan fingerprint density at radius 2 is 2.25 bits per heavy atom. The molecule has 0 unspecified atom stereocenters. The highest BCUT2D eigenvalue weighted by atomic mass is 32.1. The summed E-state index contributed by atoms with van der Waals surface area (Å²) < 4.78 is 13.8. The van der Waals surface area contributed by atoms with Crippen molar-refractivity contribution in [2.24, 2.45) is 0 Å². The molecule has 1 aromatic carbocycles. The number of hydrogen-bond donors (Lipinski definition) is 1. The molecule has 2 N–H and O–H groups in total. The van der Waals surface area contributed by atoms with Gasteiger partial charge >= 0.3 is 0 Å². The van der Waals surface area contributed by atoms with Gasteiger partial charge in [0.15, 0.2) is 0 Å². The molecule has 0 aliphatic heterocycles. The molecule has 0 radical (unpaired) electrons. The maximum absolute atomic E-state index is 12.9. The maximum atomic E-state index is 12.9. The number of nitrogens with two attached hydrogens (primary N) is 1. The van der Waals surface area contributed by atoms with Gasteiger partial charge in [0.05, 0.1) is 20.9 Å². The summed E-state index contributed by atoms with van der Waals surface area (Å²) in [5.74, 6) is -0.396. The van der Waals surface area contributed by atoms with Crippen molar-refractivity contribution in [2.75, 3.05) is 5.73 Å². The second kappa shape index (κ2) is 2.42. The van der Waals surface area contributed by atoms with Crippen LogP contribution in [0.15, 0.2) is 12.1 Å². The zero-order chi connectivity index (χ0) is 8.72. The Hall–Kier alpha value is -1.16. The maximum Gasteiger partial charge on any atom is 0.148 e. The highest BCUT2D eigenvalue weighted by Crippen LogP contribution is 2.25. The predicted molar refractivity (Wildman–Crippen MR) is 48.7 cm³/mol. The number of aromatic nitrogens is 1. The second-order valence-electron chi connectivity index (χ2n) is 2.57. The molecule has 0 bridgehead atoms. The number of nitrogens with zero attached hydrogens (tertiary/aromatic N) is 1. The van der Waals surface area contributed by atoms with Crippen molar-refractivity contribution in [2.45, 2.75) is 6.92 Å². The van der Waals surface area contributed by atoms with Crippen LogP contribution in [-0.4, -0.2) is 4.98 Å². The molecule has 4 heteroatoms. The molecular weight excluding hydrogens is 175 g/mol. The summed E-state index contributed by atoms with van der Waals surface area (Å²) in [4.78, 5) is 4.14. The van der Waals surface area contributed by atoms with Crippen molar-refractivity contribution >= 4 is 27.2 Å². The van der Waals surface area contributed by atoms with Crippen molar-refractivity contribution in [3.63, 3.8) is 0 Å². The van der Waals surface area contributed by atoms with Crippen LogP contribution in [0.3, 0.4) is 0 Å². The molecule has 0 spiro atoms. The van der Waals surface area contributed by atoms with Gasteiger partial charge in [0.1, 0.15) is 5.82 Å². The molecule has 62 valence electrons. The van der Waals surface area contributed by atoms with Gasteiger partial charge in [0, 0.05) is 6.07 Å². The lowest BCUT2D eigenvalue weighted by molar-refractivity contribution is 0.634. The minimum absolute atomic E-state index is 0.186. The van der Waals surface area contributed by atoms with Gasteiger partial charge in [-0.3, -0.25) is 0 Å². The SMILES string of the molecule is Cc1nc2cc(F)c(N)cc2s1. The van der Waals surface area contributed by atoms with Crippen LogP contribution in [0.5, 0.6) is 0 Å². The molecular formula is C8H7FN2S. The average Bonchev–Trinajstić information content (AvgIpc) is 2.30. The van der Waals surface area contributed by atoms with Gasteiger partial charge in [-0.05, 0) is 13.0 Å². The van der Waals surface area contributed by atoms with Crippen LogP contribution in [0, 0.1) is 12.7 Å². The lowest BCUT2D eigenvalue weighted by Crippen LogP contribution is -1.88. The Kier molecular flexibility index (Phi) is 1.51. The first kappa shape index (κ1) is 7.49. The minimum atomic E-state index is -0.396. The van der Waals surface area contributed by atoms with Crippen LogP contribution in [-0.2, 0) is 0 Å². The van der Waals surface area contributed by atoms with E-state index in [4.69, 9.17) is 5.73 Å². The van der Waals surface area contributed by atoms with E-state index in [-0.39, 0.29) is 5.69 Å². The van der Waals surface area contributed by atoms with Gasteiger partial charge in [-0.2, -0.15) is 0 Å². The van der Waals surface area contributed by atoms with E-state index in [1.54, 1.807) is 6.07 Å². The second-order valence-corrected chi connectivity index (χ2v) is 3.81. The van der Waals surface area contributed by atoms with Crippen LogP contribution < -0.4 is 5.73 Å². The van der Waals surface area contributed by atoms with Gasteiger partial charge in [-0.25, -0.2) is 9.37 Å². The van der Waals surface area contributed by atoms with Gasteiger partial charge in [-0.1, -0.05) is 0 Å². The molecule has 0 saturated heterocycles. The molecule has 2 nitrogen and oxygen atoms in total. The lowest BCUT2D eigenvalue weighted by atomic mass is 10.3. The number of hydrogen-bond acceptors (Lipinski definition) is 3. The third kappa shape index (κ3) is 1.04. The topological polar surface area (TPSA) is 38.9 Å². The zero-order valence-corrected chi connectivity index (χ0v) is 7.28. The molecule has 0 saturated carbocycles. The molecule has 0 amide bonds. The third-order valence-corrected chi connectivity index (χ3v) is 2.55. The Labute approximate surface area is 72.8 Å². The molecule has 2 aromatic rings. The summed E-state index contributed by atoms with van der Waals surface area (Å²) in [7, 11) is 0. The van der Waals surface area contributed by atoms with E-state index in [0.29, 0.717) is 5.52 Å². The molecule has 12 heavy (non-hydrogen) atoms. The standard InChI is InChI=1S/C8H7FN2S/c1-4-11-7-2-5(9)6(10)3-8(7)12-4/h2-3H,10H2,1H3. The lowest BCUT2D eigenvalue weighted by Gasteiger charge is -1.93. The van der Waals surface area contributed by atoms with E-state index in [0.717, 1.165) is 9.71 Å². The fraction of sp³-hybridized carbons (Fsp3) is 0.125. The normalized spacial score (nSPS) is 10.8. The average molecular weight is 182 g/mol. The molecule has 1 heterocycles. The first-order valence-electron chi connectivity index (χ1n) is 3.49. The Morgan fingerprint density at radius 1 is 1.50 bits per heavy atom. The molecule has 0 aliphatic rings. The van der Waals surface area contributed by atoms with Gasteiger partial charge in [0.25, 0.3) is 0 Å². The van der Waals surface area contributed by atoms with Crippen molar-refractivity contribution in [1.82, 2.24) is 4.98 Å². The fourth-order valence-corrected chi connectivity index (χ4v) is 1.94. The number of anilines is 1. The van der Waals surface area contributed by atoms with Crippen LogP contribution in [0.4, 0.5) is 10.1 Å². The Bertz CT molecular complexity index is 397. The van der Waals surface area contributed by atoms with Gasteiger partial charge in [-0.15, -0.1) is 11.3 Å². The number of rotatable bonds is 0. The highest BCUT2D eigenvalue weighted by molar-refractivity contribution is 7.18. The van der Waals surface area contributed by atoms with Crippen molar-refractivity contribution in [3.05, 3.63) is 23.0 Å². The van der Waals surface area contributed by atoms with Crippen molar-refractivity contribution < 1.29 is 4.39 Å². The van der Waals surface area contributed by atoms with Crippen LogP contribution in [0.25, 0.3) is 10.2 Å². The van der Waals surface area contributed by atoms with Crippen molar-refractivity contribution in [3.8, 4) is 0 Å². The number of thiazole rings is 1. The van der Waals surface area contributed by atoms with Crippen LogP contribution >= 0.6 is 11.3 Å². The van der Waals surface area contributed by atoms with E-state index in [9.17, 15) is 4.39 Å². The summed E-state index contributed by atoms with van der Waals surface area (Å²) >= 11 is 1.52. The van der Waals surface area contributed by atoms with Crippen LogP contribution in [0.2, 0.25) is 0 Å². The Balaban J connectivity index is 2.83. The predicted octanol–water partition coefficient (Wildman–Crippen LogP) is 2.33. The smallest absolute Gasteiger partial charge is 0.148 e. The first-order chi connectivity index (χ1) is 5.66. The monoisotopic (exact) mass is 182 g/mol. The summed E-state index contributed by atoms with van der Waals surface area (Å²) in [5, 5.41) is 0.926. The molecule has 0 aliphatic carbocycles. The van der Waals surface area contributed by atoms with Gasteiger partial charge < -0.3 is 5.73 Å². The third-order valence-electron chi connectivity index (χ3n) is 1.61. The molecule has 1 aromatic heterocycles. The molecule has 2 rings (SSSR count). The quantitative estimate of drug-likeness (QED) is 0.635. The number of nitrogen functional groups attached to an aromatic ring is 1. The number of benzene rings is 1. The summed E-state index contributed by atoms with van der Waals surface area (Å²) in [6, 6.07) is 2.99. The fourth-order valence-electron chi connectivity index (χ4n) is 1.08. The van der Waals surface area contributed by atoms with E-state index >= 15 is 0 Å². The highest BCUT2D eigenvalue weighted by Gasteiger charge is 2.04. The van der Waals surface area contributed by atoms with E-state index < -0.39 is 5.82 Å². The van der Waals surface area contributed by atoms with E-state index in [2.05, 4.69) is 4.98 Å². The van der Waals surface area contributed by atoms with E-state index in [1.807, 2.05) is 6.92 Å². The van der Waals surface area contributed by atoms with Crippen LogP contribution in [0.1, 0.15) is 5.01 Å².